The second-order valence-corrected chi connectivity index (χ2v) is 8.50. The molecular weight excluding hydrogens is 284 g/mol. The van der Waals surface area contributed by atoms with E-state index >= 15 is 0 Å². The van der Waals surface area contributed by atoms with Crippen LogP contribution in [0.2, 0.25) is 0 Å². The molecule has 2 nitrogen and oxygen atoms in total. The van der Waals surface area contributed by atoms with E-state index in [-0.39, 0.29) is 18.0 Å². The summed E-state index contributed by atoms with van der Waals surface area (Å²) in [5.41, 5.74) is 0. The molecule has 0 aliphatic heterocycles. The van der Waals surface area contributed by atoms with Crippen molar-refractivity contribution in [1.29, 1.82) is 0 Å². The van der Waals surface area contributed by atoms with E-state index < -0.39 is 0 Å². The van der Waals surface area contributed by atoms with Crippen LogP contribution in [0.4, 0.5) is 0 Å². The number of hydrogen-bond donors (Lipinski definition) is 0. The Labute approximate surface area is 142 Å². The number of ether oxygens (including phenoxy) is 1. The SMILES string of the molecule is O=C(OC1CCCCC1)C1CCC(CCC2CCCCC2)CC1. The first-order valence-corrected chi connectivity index (χ1v) is 10.5. The Hall–Kier alpha value is -0.530. The monoisotopic (exact) mass is 320 g/mol. The maximum Gasteiger partial charge on any atom is 0.309 e. The van der Waals surface area contributed by atoms with Gasteiger partial charge >= 0.3 is 5.97 Å². The van der Waals surface area contributed by atoms with E-state index in [9.17, 15) is 4.79 Å². The predicted molar refractivity (Wildman–Crippen MR) is 94.2 cm³/mol. The highest BCUT2D eigenvalue weighted by molar-refractivity contribution is 5.72. The molecule has 0 heterocycles. The maximum absolute atomic E-state index is 12.4. The standard InChI is InChI=1S/C21H36O2/c22-21(23-20-9-5-2-6-10-20)19-15-13-18(14-16-19)12-11-17-7-3-1-4-8-17/h17-20H,1-16H2. The van der Waals surface area contributed by atoms with Gasteiger partial charge in [-0.3, -0.25) is 4.79 Å². The molecule has 0 amide bonds. The minimum Gasteiger partial charge on any atom is -0.462 e. The minimum absolute atomic E-state index is 0.127. The molecule has 3 saturated carbocycles. The fourth-order valence-electron chi connectivity index (χ4n) is 5.08. The molecule has 0 aromatic carbocycles. The van der Waals surface area contributed by atoms with Crippen molar-refractivity contribution in [2.45, 2.75) is 109 Å². The van der Waals surface area contributed by atoms with Crippen LogP contribution in [0.1, 0.15) is 103 Å². The molecule has 0 radical (unpaired) electrons. The van der Waals surface area contributed by atoms with Crippen LogP contribution in [0.5, 0.6) is 0 Å². The Kier molecular flexibility index (Phi) is 6.83. The van der Waals surface area contributed by atoms with Crippen molar-refractivity contribution in [3.8, 4) is 0 Å². The Morgan fingerprint density at radius 3 is 1.78 bits per heavy atom. The summed E-state index contributed by atoms with van der Waals surface area (Å²) in [4.78, 5) is 12.4. The normalized spacial score (nSPS) is 31.0. The molecule has 0 spiro atoms. The van der Waals surface area contributed by atoms with E-state index in [2.05, 4.69) is 0 Å². The molecule has 3 fully saturated rings. The van der Waals surface area contributed by atoms with Crippen LogP contribution >= 0.6 is 0 Å². The second-order valence-electron chi connectivity index (χ2n) is 8.50. The van der Waals surface area contributed by atoms with Crippen molar-refractivity contribution < 1.29 is 9.53 Å². The molecule has 0 saturated heterocycles. The second kappa shape index (κ2) is 9.08. The van der Waals surface area contributed by atoms with E-state index in [1.807, 2.05) is 0 Å². The molecule has 0 aromatic rings. The van der Waals surface area contributed by atoms with Gasteiger partial charge in [0.15, 0.2) is 0 Å². The first-order valence-electron chi connectivity index (χ1n) is 10.5. The van der Waals surface area contributed by atoms with Crippen LogP contribution in [0, 0.1) is 17.8 Å². The van der Waals surface area contributed by atoms with Crippen molar-refractivity contribution in [1.82, 2.24) is 0 Å². The Morgan fingerprint density at radius 2 is 1.17 bits per heavy atom. The highest BCUT2D eigenvalue weighted by Gasteiger charge is 2.29. The van der Waals surface area contributed by atoms with Gasteiger partial charge in [0.2, 0.25) is 0 Å². The smallest absolute Gasteiger partial charge is 0.309 e. The van der Waals surface area contributed by atoms with E-state index in [0.29, 0.717) is 0 Å². The van der Waals surface area contributed by atoms with Gasteiger partial charge in [0.05, 0.1) is 5.92 Å². The molecular formula is C21H36O2. The zero-order chi connectivity index (χ0) is 15.9. The Morgan fingerprint density at radius 1 is 0.652 bits per heavy atom. The fourth-order valence-corrected chi connectivity index (χ4v) is 5.08. The topological polar surface area (TPSA) is 26.3 Å². The van der Waals surface area contributed by atoms with Crippen molar-refractivity contribution in [2.24, 2.45) is 17.8 Å². The summed E-state index contributed by atoms with van der Waals surface area (Å²) in [6, 6.07) is 0. The van der Waals surface area contributed by atoms with Crippen LogP contribution in [0.15, 0.2) is 0 Å². The van der Waals surface area contributed by atoms with E-state index in [1.54, 1.807) is 0 Å². The van der Waals surface area contributed by atoms with Crippen molar-refractivity contribution in [2.75, 3.05) is 0 Å². The molecule has 23 heavy (non-hydrogen) atoms. The lowest BCUT2D eigenvalue weighted by molar-refractivity contribution is -0.157. The van der Waals surface area contributed by atoms with Gasteiger partial charge in [-0.05, 0) is 63.2 Å². The summed E-state index contributed by atoms with van der Waals surface area (Å²) in [5.74, 6) is 2.24. The van der Waals surface area contributed by atoms with E-state index in [4.69, 9.17) is 4.74 Å². The first kappa shape index (κ1) is 17.3. The third kappa shape index (κ3) is 5.50. The molecule has 0 unspecified atom stereocenters. The average Bonchev–Trinajstić information content (AvgIpc) is 2.62. The molecule has 0 atom stereocenters. The zero-order valence-electron chi connectivity index (χ0n) is 14.9. The van der Waals surface area contributed by atoms with Crippen molar-refractivity contribution >= 4 is 5.97 Å². The summed E-state index contributed by atoms with van der Waals surface area (Å²) >= 11 is 0. The third-order valence-corrected chi connectivity index (χ3v) is 6.72. The number of rotatable bonds is 5. The quantitative estimate of drug-likeness (QED) is 0.578. The summed E-state index contributed by atoms with van der Waals surface area (Å²) in [6.45, 7) is 0. The molecule has 0 aromatic heterocycles. The van der Waals surface area contributed by atoms with Crippen LogP contribution in [-0.2, 0) is 9.53 Å². The first-order chi connectivity index (χ1) is 11.3. The molecule has 3 rings (SSSR count). The maximum atomic E-state index is 12.4. The largest absolute Gasteiger partial charge is 0.462 e. The average molecular weight is 321 g/mol. The third-order valence-electron chi connectivity index (χ3n) is 6.72. The lowest BCUT2D eigenvalue weighted by Crippen LogP contribution is -2.28. The number of carbonyl (C=O) groups is 1. The van der Waals surface area contributed by atoms with E-state index in [1.165, 1.54) is 77.0 Å². The summed E-state index contributed by atoms with van der Waals surface area (Å²) in [6.07, 6.45) is 21.1. The van der Waals surface area contributed by atoms with Gasteiger partial charge in [-0.15, -0.1) is 0 Å². The number of hydrogen-bond acceptors (Lipinski definition) is 2. The lowest BCUT2D eigenvalue weighted by Gasteiger charge is -2.30. The Bertz CT molecular complexity index is 345. The zero-order valence-corrected chi connectivity index (χ0v) is 14.9. The molecule has 0 N–H and O–H groups in total. The molecule has 3 aliphatic carbocycles. The highest BCUT2D eigenvalue weighted by Crippen LogP contribution is 2.36. The van der Waals surface area contributed by atoms with Crippen LogP contribution < -0.4 is 0 Å². The van der Waals surface area contributed by atoms with Crippen LogP contribution in [0.3, 0.4) is 0 Å². The van der Waals surface area contributed by atoms with Gasteiger partial charge in [0.1, 0.15) is 6.10 Å². The molecule has 2 heteroatoms. The number of carbonyl (C=O) groups excluding carboxylic acids is 1. The molecule has 3 aliphatic rings. The molecule has 0 bridgehead atoms. The predicted octanol–water partition coefficient (Wildman–Crippen LogP) is 6.03. The van der Waals surface area contributed by atoms with Gasteiger partial charge in [0, 0.05) is 0 Å². The lowest BCUT2D eigenvalue weighted by atomic mass is 9.77. The minimum atomic E-state index is 0.127. The fraction of sp³-hybridized carbons (Fsp3) is 0.952. The van der Waals surface area contributed by atoms with Gasteiger partial charge in [-0.2, -0.15) is 0 Å². The summed E-state index contributed by atoms with van der Waals surface area (Å²) in [5, 5.41) is 0. The highest BCUT2D eigenvalue weighted by atomic mass is 16.5. The van der Waals surface area contributed by atoms with Crippen LogP contribution in [-0.4, -0.2) is 12.1 Å². The van der Waals surface area contributed by atoms with Gasteiger partial charge in [-0.1, -0.05) is 51.4 Å². The van der Waals surface area contributed by atoms with Crippen molar-refractivity contribution in [3.63, 3.8) is 0 Å². The summed E-state index contributed by atoms with van der Waals surface area (Å²) < 4.78 is 5.78. The molecule has 132 valence electrons. The summed E-state index contributed by atoms with van der Waals surface area (Å²) in [7, 11) is 0. The van der Waals surface area contributed by atoms with Gasteiger partial charge in [0.25, 0.3) is 0 Å². The van der Waals surface area contributed by atoms with E-state index in [0.717, 1.165) is 37.5 Å². The Balaban J connectivity index is 1.32. The van der Waals surface area contributed by atoms with Crippen LogP contribution in [0.25, 0.3) is 0 Å². The van der Waals surface area contributed by atoms with Gasteiger partial charge < -0.3 is 4.74 Å². The van der Waals surface area contributed by atoms with Crippen molar-refractivity contribution in [3.05, 3.63) is 0 Å². The number of esters is 1. The van der Waals surface area contributed by atoms with Gasteiger partial charge in [-0.25, -0.2) is 0 Å².